The molecule has 1 aliphatic heterocycles. The molecule has 7 heteroatoms. The highest BCUT2D eigenvalue weighted by Gasteiger charge is 2.39. The van der Waals surface area contributed by atoms with Crippen LogP contribution in [0.25, 0.3) is 0 Å². The van der Waals surface area contributed by atoms with Crippen LogP contribution >= 0.6 is 0 Å². The average Bonchev–Trinajstić information content (AvgIpc) is 2.64. The normalized spacial score (nSPS) is 16.8. The van der Waals surface area contributed by atoms with Gasteiger partial charge in [0.2, 0.25) is 0 Å². The molecule has 0 bridgehead atoms. The third-order valence-corrected chi connectivity index (χ3v) is 3.47. The van der Waals surface area contributed by atoms with E-state index in [1.165, 1.54) is 6.07 Å². The van der Waals surface area contributed by atoms with E-state index < -0.39 is 11.9 Å². The van der Waals surface area contributed by atoms with Crippen LogP contribution < -0.4 is 11.5 Å². The number of rotatable bonds is 4. The van der Waals surface area contributed by atoms with Gasteiger partial charge in [0.1, 0.15) is 5.75 Å². The highest BCUT2D eigenvalue weighted by Crippen LogP contribution is 2.40. The summed E-state index contributed by atoms with van der Waals surface area (Å²) in [4.78, 5) is 29.5. The van der Waals surface area contributed by atoms with Gasteiger partial charge in [-0.25, -0.2) is 0 Å². The molecular weight excluding hydrogens is 284 g/mol. The van der Waals surface area contributed by atoms with E-state index in [0.717, 1.165) is 0 Å². The van der Waals surface area contributed by atoms with Crippen molar-refractivity contribution in [3.63, 3.8) is 0 Å². The Morgan fingerprint density at radius 2 is 2.09 bits per heavy atom. The lowest BCUT2D eigenvalue weighted by atomic mass is 10.0. The molecule has 0 saturated carbocycles. The van der Waals surface area contributed by atoms with Gasteiger partial charge in [0.25, 0.3) is 11.8 Å². The van der Waals surface area contributed by atoms with Crippen LogP contribution in [0.2, 0.25) is 0 Å². The Labute approximate surface area is 128 Å². The second-order valence-corrected chi connectivity index (χ2v) is 5.74. The number of nitrogens with two attached hydrogens (primary N) is 2. The van der Waals surface area contributed by atoms with E-state index in [1.807, 2.05) is 13.8 Å². The van der Waals surface area contributed by atoms with E-state index >= 15 is 0 Å². The van der Waals surface area contributed by atoms with Gasteiger partial charge in [-0.3, -0.25) is 9.59 Å². The predicted octanol–water partition coefficient (Wildman–Crippen LogP) is 0.735. The van der Waals surface area contributed by atoms with Crippen LogP contribution in [0.5, 0.6) is 5.75 Å². The smallest absolute Gasteiger partial charge is 0.258 e. The second kappa shape index (κ2) is 6.05. The van der Waals surface area contributed by atoms with E-state index in [4.69, 9.17) is 11.5 Å². The standard InChI is InChI=1S/C15H20N4O3/c1-8(2)7-19-10(6-12(21)18-15(16)17)9-4-3-5-11(20)13(9)14(19)22/h3-5,8,10,20H,6-7H2,1-2H3,(H4,16,17,18,21). The van der Waals surface area contributed by atoms with Crippen molar-refractivity contribution < 1.29 is 14.7 Å². The van der Waals surface area contributed by atoms with E-state index in [0.29, 0.717) is 12.1 Å². The first-order chi connectivity index (χ1) is 10.3. The summed E-state index contributed by atoms with van der Waals surface area (Å²) >= 11 is 0. The third-order valence-electron chi connectivity index (χ3n) is 3.47. The van der Waals surface area contributed by atoms with Crippen LogP contribution in [-0.4, -0.2) is 34.3 Å². The van der Waals surface area contributed by atoms with Crippen LogP contribution in [0.1, 0.15) is 42.2 Å². The first-order valence-corrected chi connectivity index (χ1v) is 7.06. The molecule has 2 amide bonds. The summed E-state index contributed by atoms with van der Waals surface area (Å²) in [6.07, 6.45) is -0.0210. The van der Waals surface area contributed by atoms with E-state index in [2.05, 4.69) is 4.99 Å². The molecule has 0 spiro atoms. The quantitative estimate of drug-likeness (QED) is 0.559. The summed E-state index contributed by atoms with van der Waals surface area (Å²) in [7, 11) is 0. The number of nitrogens with zero attached hydrogens (tertiary/aromatic N) is 2. The van der Waals surface area contributed by atoms with Crippen LogP contribution in [0.15, 0.2) is 23.2 Å². The van der Waals surface area contributed by atoms with Crippen molar-refractivity contribution in [2.24, 2.45) is 22.4 Å². The SMILES string of the molecule is CC(C)CN1C(=O)c2c(O)cccc2C1CC(=O)N=C(N)N. The van der Waals surface area contributed by atoms with Gasteiger partial charge < -0.3 is 21.5 Å². The number of benzene rings is 1. The molecule has 5 N–H and O–H groups in total. The van der Waals surface area contributed by atoms with Gasteiger partial charge in [-0.2, -0.15) is 4.99 Å². The number of carbonyl (C=O) groups excluding carboxylic acids is 2. The zero-order valence-electron chi connectivity index (χ0n) is 12.6. The first-order valence-electron chi connectivity index (χ1n) is 7.06. The van der Waals surface area contributed by atoms with Crippen molar-refractivity contribution in [1.82, 2.24) is 4.90 Å². The maximum Gasteiger partial charge on any atom is 0.258 e. The Bertz CT molecular complexity index is 636. The largest absolute Gasteiger partial charge is 0.507 e. The summed E-state index contributed by atoms with van der Waals surface area (Å²) < 4.78 is 0. The molecule has 118 valence electrons. The minimum Gasteiger partial charge on any atom is -0.507 e. The van der Waals surface area contributed by atoms with Crippen molar-refractivity contribution in [2.75, 3.05) is 6.54 Å². The minimum absolute atomic E-state index is 0.0210. The number of aliphatic imine (C=N–C) groups is 1. The molecule has 0 radical (unpaired) electrons. The Morgan fingerprint density at radius 1 is 1.41 bits per heavy atom. The summed E-state index contributed by atoms with van der Waals surface area (Å²) in [5.74, 6) is -0.929. The van der Waals surface area contributed by atoms with Crippen molar-refractivity contribution in [3.05, 3.63) is 29.3 Å². The van der Waals surface area contributed by atoms with Gasteiger partial charge in [0.15, 0.2) is 5.96 Å². The second-order valence-electron chi connectivity index (χ2n) is 5.74. The van der Waals surface area contributed by atoms with Crippen LogP contribution in [0.3, 0.4) is 0 Å². The first kappa shape index (κ1) is 15.8. The number of carbonyl (C=O) groups is 2. The molecule has 0 fully saturated rings. The van der Waals surface area contributed by atoms with Gasteiger partial charge >= 0.3 is 0 Å². The summed E-state index contributed by atoms with van der Waals surface area (Å²) in [5, 5.41) is 9.95. The molecule has 0 saturated heterocycles. The molecule has 1 atom stereocenters. The fraction of sp³-hybridized carbons (Fsp3) is 0.400. The van der Waals surface area contributed by atoms with Crippen molar-refractivity contribution in [1.29, 1.82) is 0 Å². The Balaban J connectivity index is 2.39. The maximum atomic E-state index is 12.5. The fourth-order valence-electron chi connectivity index (χ4n) is 2.70. The molecule has 22 heavy (non-hydrogen) atoms. The molecule has 1 unspecified atom stereocenters. The van der Waals surface area contributed by atoms with E-state index in [1.54, 1.807) is 17.0 Å². The molecule has 1 aliphatic rings. The maximum absolute atomic E-state index is 12.5. The lowest BCUT2D eigenvalue weighted by Crippen LogP contribution is -2.33. The zero-order chi connectivity index (χ0) is 16.4. The molecular formula is C15H20N4O3. The van der Waals surface area contributed by atoms with Crippen molar-refractivity contribution in [2.45, 2.75) is 26.3 Å². The zero-order valence-corrected chi connectivity index (χ0v) is 12.6. The van der Waals surface area contributed by atoms with E-state index in [9.17, 15) is 14.7 Å². The molecule has 1 heterocycles. The summed E-state index contributed by atoms with van der Waals surface area (Å²) in [6, 6.07) is 4.39. The number of amides is 2. The monoisotopic (exact) mass is 304 g/mol. The number of fused-ring (bicyclic) bond motifs is 1. The Hall–Kier alpha value is -2.57. The molecule has 2 rings (SSSR count). The van der Waals surface area contributed by atoms with Gasteiger partial charge in [-0.1, -0.05) is 26.0 Å². The summed E-state index contributed by atoms with van der Waals surface area (Å²) in [5.41, 5.74) is 11.3. The fourth-order valence-corrected chi connectivity index (χ4v) is 2.70. The van der Waals surface area contributed by atoms with Crippen LogP contribution in [-0.2, 0) is 4.79 Å². The summed E-state index contributed by atoms with van der Waals surface area (Å²) in [6.45, 7) is 4.43. The minimum atomic E-state index is -0.497. The predicted molar refractivity (Wildman–Crippen MR) is 82.2 cm³/mol. The van der Waals surface area contributed by atoms with Gasteiger partial charge in [0.05, 0.1) is 18.0 Å². The molecule has 1 aromatic carbocycles. The highest BCUT2D eigenvalue weighted by atomic mass is 16.3. The van der Waals surface area contributed by atoms with Crippen molar-refractivity contribution >= 4 is 17.8 Å². The highest BCUT2D eigenvalue weighted by molar-refractivity contribution is 6.02. The molecule has 1 aromatic rings. The van der Waals surface area contributed by atoms with Crippen LogP contribution in [0.4, 0.5) is 0 Å². The number of hydrogen-bond acceptors (Lipinski definition) is 3. The number of aromatic hydroxyl groups is 1. The number of phenols is 1. The molecule has 7 nitrogen and oxygen atoms in total. The third kappa shape index (κ3) is 3.03. The number of hydrogen-bond donors (Lipinski definition) is 3. The average molecular weight is 304 g/mol. The number of phenolic OH excluding ortho intramolecular Hbond substituents is 1. The lowest BCUT2D eigenvalue weighted by Gasteiger charge is -2.26. The topological polar surface area (TPSA) is 122 Å². The van der Waals surface area contributed by atoms with Crippen LogP contribution in [0, 0.1) is 5.92 Å². The number of guanidine groups is 1. The lowest BCUT2D eigenvalue weighted by molar-refractivity contribution is -0.118. The Morgan fingerprint density at radius 3 is 2.68 bits per heavy atom. The van der Waals surface area contributed by atoms with E-state index in [-0.39, 0.29) is 35.5 Å². The molecule has 0 aromatic heterocycles. The molecule has 0 aliphatic carbocycles. The van der Waals surface area contributed by atoms with Gasteiger partial charge in [-0.15, -0.1) is 0 Å². The van der Waals surface area contributed by atoms with Crippen molar-refractivity contribution in [3.8, 4) is 5.75 Å². The van der Waals surface area contributed by atoms with Gasteiger partial charge in [0, 0.05) is 6.54 Å². The Kier molecular flexibility index (Phi) is 4.35. The van der Waals surface area contributed by atoms with Gasteiger partial charge in [-0.05, 0) is 17.5 Å².